The van der Waals surface area contributed by atoms with Gasteiger partial charge < -0.3 is 19.9 Å². The van der Waals surface area contributed by atoms with E-state index in [2.05, 4.69) is 21.2 Å². The maximum atomic E-state index is 13.2. The van der Waals surface area contributed by atoms with E-state index in [0.29, 0.717) is 28.1 Å². The van der Waals surface area contributed by atoms with Crippen molar-refractivity contribution in [1.82, 2.24) is 0 Å². The minimum Gasteiger partial charge on any atom is -0.493 e. The van der Waals surface area contributed by atoms with Crippen molar-refractivity contribution in [2.75, 3.05) is 12.4 Å². The van der Waals surface area contributed by atoms with Crippen LogP contribution < -0.4 is 14.8 Å². The summed E-state index contributed by atoms with van der Waals surface area (Å²) in [4.78, 5) is 11.2. The summed E-state index contributed by atoms with van der Waals surface area (Å²) >= 11 is 9.58. The molecule has 0 amide bonds. The van der Waals surface area contributed by atoms with Crippen molar-refractivity contribution in [3.63, 3.8) is 0 Å². The number of carbonyl (C=O) groups is 1. The van der Waals surface area contributed by atoms with Gasteiger partial charge in [-0.3, -0.25) is 0 Å². The lowest BCUT2D eigenvalue weighted by Crippen LogP contribution is -2.05. The van der Waals surface area contributed by atoms with Crippen molar-refractivity contribution < 1.29 is 23.8 Å². The predicted molar refractivity (Wildman–Crippen MR) is 122 cm³/mol. The summed E-state index contributed by atoms with van der Waals surface area (Å²) in [5.74, 6) is -0.375. The number of methoxy groups -OCH3 is 1. The molecule has 0 spiro atoms. The normalized spacial score (nSPS) is 10.6. The number of carboxylic acid groups (broad SMARTS) is 1. The van der Waals surface area contributed by atoms with Crippen LogP contribution in [0.1, 0.15) is 27.0 Å². The maximum Gasteiger partial charge on any atom is 0.335 e. The molecule has 0 radical (unpaired) electrons. The first-order chi connectivity index (χ1) is 14.8. The molecule has 2 N–H and O–H groups in total. The molecule has 0 aromatic heterocycles. The minimum atomic E-state index is -0.977. The molecule has 0 aliphatic carbocycles. The van der Waals surface area contributed by atoms with Gasteiger partial charge in [0, 0.05) is 17.8 Å². The third kappa shape index (κ3) is 5.68. The average molecular weight is 509 g/mol. The fraction of sp³-hybridized carbons (Fsp3) is 0.174. The monoisotopic (exact) mass is 507 g/mol. The second-order valence-electron chi connectivity index (χ2n) is 6.82. The van der Waals surface area contributed by atoms with E-state index in [1.165, 1.54) is 19.2 Å². The van der Waals surface area contributed by atoms with Crippen molar-refractivity contribution >= 4 is 39.2 Å². The Hall–Kier alpha value is -2.77. The van der Waals surface area contributed by atoms with Gasteiger partial charge in [-0.25, -0.2) is 9.18 Å². The van der Waals surface area contributed by atoms with Gasteiger partial charge in [-0.2, -0.15) is 0 Å². The van der Waals surface area contributed by atoms with Crippen LogP contribution in [-0.2, 0) is 13.2 Å². The van der Waals surface area contributed by atoms with Gasteiger partial charge in [0.2, 0.25) is 0 Å². The number of rotatable bonds is 8. The molecular formula is C23H20BrClFNO4. The van der Waals surface area contributed by atoms with E-state index < -0.39 is 11.8 Å². The van der Waals surface area contributed by atoms with Gasteiger partial charge >= 0.3 is 5.97 Å². The van der Waals surface area contributed by atoms with E-state index in [1.807, 2.05) is 19.1 Å². The minimum absolute atomic E-state index is 0.146. The summed E-state index contributed by atoms with van der Waals surface area (Å²) in [5, 5.41) is 12.7. The van der Waals surface area contributed by atoms with Crippen LogP contribution in [-0.4, -0.2) is 18.2 Å². The number of aryl methyl sites for hydroxylation is 1. The number of hydrogen-bond donors (Lipinski definition) is 2. The smallest absolute Gasteiger partial charge is 0.335 e. The highest BCUT2D eigenvalue weighted by Gasteiger charge is 2.14. The second-order valence-corrected chi connectivity index (χ2v) is 8.08. The van der Waals surface area contributed by atoms with Gasteiger partial charge in [0.15, 0.2) is 11.5 Å². The first-order valence-corrected chi connectivity index (χ1v) is 10.5. The highest BCUT2D eigenvalue weighted by molar-refractivity contribution is 9.10. The molecule has 0 fully saturated rings. The Morgan fingerprint density at radius 2 is 1.97 bits per heavy atom. The number of ether oxygens (including phenoxy) is 2. The maximum absolute atomic E-state index is 13.2. The molecule has 0 saturated carbocycles. The molecule has 0 aliphatic rings. The summed E-state index contributed by atoms with van der Waals surface area (Å²) in [7, 11) is 1.54. The lowest BCUT2D eigenvalue weighted by atomic mass is 10.1. The first-order valence-electron chi connectivity index (χ1n) is 9.29. The van der Waals surface area contributed by atoms with Gasteiger partial charge in [0.25, 0.3) is 0 Å². The summed E-state index contributed by atoms with van der Waals surface area (Å²) in [6, 6.07) is 12.8. The number of aromatic carboxylic acids is 1. The lowest BCUT2D eigenvalue weighted by Gasteiger charge is -2.16. The Bertz CT molecular complexity index is 1120. The molecule has 3 aromatic carbocycles. The number of halogens is 3. The Kier molecular flexibility index (Phi) is 7.41. The first kappa shape index (κ1) is 22.9. The zero-order valence-corrected chi connectivity index (χ0v) is 19.2. The van der Waals surface area contributed by atoms with E-state index in [4.69, 9.17) is 21.1 Å². The molecule has 3 rings (SSSR count). The lowest BCUT2D eigenvalue weighted by molar-refractivity contribution is 0.0697. The molecule has 31 heavy (non-hydrogen) atoms. The van der Waals surface area contributed by atoms with Crippen molar-refractivity contribution in [1.29, 1.82) is 0 Å². The number of anilines is 1. The van der Waals surface area contributed by atoms with Gasteiger partial charge in [0.1, 0.15) is 12.4 Å². The second kappa shape index (κ2) is 10.0. The molecule has 0 atom stereocenters. The van der Waals surface area contributed by atoms with Crippen LogP contribution in [0.4, 0.5) is 10.1 Å². The Morgan fingerprint density at radius 3 is 2.65 bits per heavy atom. The molecule has 0 aliphatic heterocycles. The van der Waals surface area contributed by atoms with Crippen LogP contribution in [0.15, 0.2) is 53.0 Å². The molecule has 0 unspecified atom stereocenters. The number of benzene rings is 3. The van der Waals surface area contributed by atoms with Crippen LogP contribution in [0, 0.1) is 12.7 Å². The molecule has 3 aromatic rings. The zero-order chi connectivity index (χ0) is 22.5. The van der Waals surface area contributed by atoms with E-state index in [0.717, 1.165) is 16.8 Å². The van der Waals surface area contributed by atoms with Crippen LogP contribution in [0.3, 0.4) is 0 Å². The quantitative estimate of drug-likeness (QED) is 0.366. The van der Waals surface area contributed by atoms with Crippen LogP contribution in [0.25, 0.3) is 0 Å². The molecule has 0 bridgehead atoms. The van der Waals surface area contributed by atoms with Gasteiger partial charge in [-0.15, -0.1) is 0 Å². The summed E-state index contributed by atoms with van der Waals surface area (Å²) in [5.41, 5.74) is 3.44. The zero-order valence-electron chi connectivity index (χ0n) is 16.8. The van der Waals surface area contributed by atoms with Crippen LogP contribution in [0.2, 0.25) is 5.02 Å². The van der Waals surface area contributed by atoms with Crippen molar-refractivity contribution in [3.8, 4) is 11.5 Å². The standard InChI is InChI=1S/C23H20BrClFNO4/c1-13-3-4-15(23(28)29)9-20(13)27-11-14-7-18(24)22(21(8-14)30-2)31-12-16-5-6-17(26)10-19(16)25/h3-10,27H,11-12H2,1-2H3,(H,28,29). The third-order valence-corrected chi connectivity index (χ3v) is 5.58. The highest BCUT2D eigenvalue weighted by Crippen LogP contribution is 2.38. The molecule has 5 nitrogen and oxygen atoms in total. The largest absolute Gasteiger partial charge is 0.493 e. The number of hydrogen-bond acceptors (Lipinski definition) is 4. The Labute approximate surface area is 192 Å². The molecular weight excluding hydrogens is 489 g/mol. The summed E-state index contributed by atoms with van der Waals surface area (Å²) < 4.78 is 25.3. The van der Waals surface area contributed by atoms with Crippen LogP contribution in [0.5, 0.6) is 11.5 Å². The average Bonchev–Trinajstić information content (AvgIpc) is 2.73. The molecule has 0 saturated heterocycles. The van der Waals surface area contributed by atoms with E-state index in [9.17, 15) is 14.3 Å². The van der Waals surface area contributed by atoms with Crippen molar-refractivity contribution in [2.24, 2.45) is 0 Å². The fourth-order valence-corrected chi connectivity index (χ4v) is 3.77. The van der Waals surface area contributed by atoms with Gasteiger partial charge in [0.05, 0.1) is 22.2 Å². The third-order valence-electron chi connectivity index (χ3n) is 4.64. The van der Waals surface area contributed by atoms with Crippen LogP contribution >= 0.6 is 27.5 Å². The topological polar surface area (TPSA) is 67.8 Å². The van der Waals surface area contributed by atoms with E-state index in [-0.39, 0.29) is 17.2 Å². The fourth-order valence-electron chi connectivity index (χ4n) is 2.95. The molecule has 8 heteroatoms. The number of carboxylic acids is 1. The van der Waals surface area contributed by atoms with Crippen molar-refractivity contribution in [2.45, 2.75) is 20.1 Å². The molecule has 0 heterocycles. The Balaban J connectivity index is 1.76. The van der Waals surface area contributed by atoms with E-state index in [1.54, 1.807) is 24.3 Å². The highest BCUT2D eigenvalue weighted by atomic mass is 79.9. The predicted octanol–water partition coefficient (Wildman–Crippen LogP) is 6.45. The van der Waals surface area contributed by atoms with Gasteiger partial charge in [-0.05, 0) is 70.4 Å². The van der Waals surface area contributed by atoms with Gasteiger partial charge in [-0.1, -0.05) is 23.7 Å². The summed E-state index contributed by atoms with van der Waals surface area (Å²) in [6.07, 6.45) is 0. The SMILES string of the molecule is COc1cc(CNc2cc(C(=O)O)ccc2C)cc(Br)c1OCc1ccc(F)cc1Cl. The Morgan fingerprint density at radius 1 is 1.19 bits per heavy atom. The number of nitrogens with one attached hydrogen (secondary N) is 1. The van der Waals surface area contributed by atoms with Crippen molar-refractivity contribution in [3.05, 3.63) is 86.1 Å². The van der Waals surface area contributed by atoms with E-state index >= 15 is 0 Å². The summed E-state index contributed by atoms with van der Waals surface area (Å²) in [6.45, 7) is 2.50. The molecule has 162 valence electrons.